The van der Waals surface area contributed by atoms with Gasteiger partial charge in [0.15, 0.2) is 11.6 Å². The van der Waals surface area contributed by atoms with E-state index in [0.29, 0.717) is 24.3 Å². The molecule has 1 aliphatic rings. The van der Waals surface area contributed by atoms with E-state index in [0.717, 1.165) is 31.7 Å². The third kappa shape index (κ3) is 4.04. The molecule has 3 rings (SSSR count). The van der Waals surface area contributed by atoms with Crippen LogP contribution in [0.3, 0.4) is 0 Å². The maximum absolute atomic E-state index is 5.33. The Morgan fingerprint density at radius 1 is 1.39 bits per heavy atom. The molecule has 7 nitrogen and oxygen atoms in total. The second-order valence-corrected chi connectivity index (χ2v) is 7.01. The quantitative estimate of drug-likeness (QED) is 0.923. The topological polar surface area (TPSA) is 80.0 Å². The number of nitrogens with zero attached hydrogens (tertiary/aromatic N) is 5. The van der Waals surface area contributed by atoms with Crippen molar-refractivity contribution in [1.29, 1.82) is 0 Å². The molecule has 2 aromatic heterocycles. The highest BCUT2D eigenvalue weighted by atomic mass is 16.5. The van der Waals surface area contributed by atoms with Crippen molar-refractivity contribution in [2.24, 2.45) is 0 Å². The predicted octanol–water partition coefficient (Wildman–Crippen LogP) is 1.92. The van der Waals surface area contributed by atoms with Gasteiger partial charge in [0.05, 0.1) is 6.54 Å². The van der Waals surface area contributed by atoms with Gasteiger partial charge in [-0.1, -0.05) is 25.9 Å². The Balaban J connectivity index is 1.55. The Morgan fingerprint density at radius 2 is 2.26 bits per heavy atom. The molecule has 0 saturated carbocycles. The van der Waals surface area contributed by atoms with Crippen LogP contribution in [0.1, 0.15) is 45.3 Å². The Bertz CT molecular complexity index is 621. The van der Waals surface area contributed by atoms with Crippen LogP contribution < -0.4 is 10.2 Å². The molecule has 124 valence electrons. The molecule has 0 aromatic carbocycles. The molecule has 0 amide bonds. The molecule has 2 aromatic rings. The first-order valence-corrected chi connectivity index (χ1v) is 8.11. The van der Waals surface area contributed by atoms with Crippen molar-refractivity contribution in [3.05, 3.63) is 30.0 Å². The van der Waals surface area contributed by atoms with Gasteiger partial charge in [0.2, 0.25) is 5.89 Å². The zero-order valence-electron chi connectivity index (χ0n) is 14.0. The van der Waals surface area contributed by atoms with Crippen LogP contribution in [0, 0.1) is 0 Å². The van der Waals surface area contributed by atoms with Crippen molar-refractivity contribution in [3.63, 3.8) is 0 Å². The summed E-state index contributed by atoms with van der Waals surface area (Å²) in [6.45, 7) is 8.77. The van der Waals surface area contributed by atoms with Gasteiger partial charge in [-0.25, -0.2) is 0 Å². The second-order valence-electron chi connectivity index (χ2n) is 7.01. The second kappa shape index (κ2) is 6.62. The first-order valence-electron chi connectivity index (χ1n) is 8.11. The van der Waals surface area contributed by atoms with Crippen LogP contribution in [0.4, 0.5) is 5.82 Å². The SMILES string of the molecule is CC(C)(C)c1nc(CN[C@@H]2CCCN(c3cccnn3)C2)no1. The van der Waals surface area contributed by atoms with Gasteiger partial charge in [0.1, 0.15) is 0 Å². The number of aromatic nitrogens is 4. The highest BCUT2D eigenvalue weighted by Gasteiger charge is 2.23. The number of hydrogen-bond acceptors (Lipinski definition) is 7. The average Bonchev–Trinajstić information content (AvgIpc) is 3.03. The van der Waals surface area contributed by atoms with Gasteiger partial charge < -0.3 is 14.7 Å². The number of nitrogens with one attached hydrogen (secondary N) is 1. The third-order valence-electron chi connectivity index (χ3n) is 3.96. The Hall–Kier alpha value is -2.02. The predicted molar refractivity (Wildman–Crippen MR) is 87.1 cm³/mol. The van der Waals surface area contributed by atoms with Crippen molar-refractivity contribution >= 4 is 5.82 Å². The molecule has 3 heterocycles. The summed E-state index contributed by atoms with van der Waals surface area (Å²) >= 11 is 0. The van der Waals surface area contributed by atoms with Crippen LogP contribution in [0.5, 0.6) is 0 Å². The number of anilines is 1. The van der Waals surface area contributed by atoms with Crippen LogP contribution >= 0.6 is 0 Å². The van der Waals surface area contributed by atoms with Gasteiger partial charge in [0, 0.05) is 30.7 Å². The van der Waals surface area contributed by atoms with Crippen LogP contribution in [-0.4, -0.2) is 39.5 Å². The summed E-state index contributed by atoms with van der Waals surface area (Å²) in [7, 11) is 0. The smallest absolute Gasteiger partial charge is 0.232 e. The zero-order chi connectivity index (χ0) is 16.3. The standard InChI is InChI=1S/C16H24N6O/c1-16(2,3)15-19-13(21-23-15)10-17-12-6-5-9-22(11-12)14-7-4-8-18-20-14/h4,7-8,12,17H,5-6,9-11H2,1-3H3/t12-/m1/s1. The monoisotopic (exact) mass is 316 g/mol. The van der Waals surface area contributed by atoms with Crippen LogP contribution in [0.25, 0.3) is 0 Å². The Labute approximate surface area is 136 Å². The number of piperidine rings is 1. The maximum atomic E-state index is 5.33. The van der Waals surface area contributed by atoms with E-state index >= 15 is 0 Å². The third-order valence-corrected chi connectivity index (χ3v) is 3.96. The molecule has 1 atom stereocenters. The molecule has 1 saturated heterocycles. The molecule has 1 fully saturated rings. The normalized spacial score (nSPS) is 19.1. The first-order chi connectivity index (χ1) is 11.0. The van der Waals surface area contributed by atoms with Crippen molar-refractivity contribution in [1.82, 2.24) is 25.7 Å². The molecule has 1 N–H and O–H groups in total. The zero-order valence-corrected chi connectivity index (χ0v) is 14.0. The van der Waals surface area contributed by atoms with Crippen molar-refractivity contribution in [2.75, 3.05) is 18.0 Å². The summed E-state index contributed by atoms with van der Waals surface area (Å²) in [5.41, 5.74) is -0.112. The minimum absolute atomic E-state index is 0.112. The van der Waals surface area contributed by atoms with Gasteiger partial charge in [-0.05, 0) is 25.0 Å². The van der Waals surface area contributed by atoms with Gasteiger partial charge in [-0.15, -0.1) is 5.10 Å². The van der Waals surface area contributed by atoms with Crippen LogP contribution in [0.15, 0.2) is 22.9 Å². The lowest BCUT2D eigenvalue weighted by atomic mass is 9.97. The molecule has 0 radical (unpaired) electrons. The molecular weight excluding hydrogens is 292 g/mol. The molecule has 0 spiro atoms. The van der Waals surface area contributed by atoms with E-state index in [1.54, 1.807) is 6.20 Å². The number of rotatable bonds is 4. The lowest BCUT2D eigenvalue weighted by Gasteiger charge is -2.33. The fourth-order valence-electron chi connectivity index (χ4n) is 2.68. The van der Waals surface area contributed by atoms with Gasteiger partial charge >= 0.3 is 0 Å². The molecular formula is C16H24N6O. The molecule has 1 aliphatic heterocycles. The van der Waals surface area contributed by atoms with E-state index in [1.807, 2.05) is 12.1 Å². The number of hydrogen-bond donors (Lipinski definition) is 1. The lowest BCUT2D eigenvalue weighted by molar-refractivity contribution is 0.316. The minimum atomic E-state index is -0.112. The molecule has 0 aliphatic carbocycles. The fraction of sp³-hybridized carbons (Fsp3) is 0.625. The summed E-state index contributed by atoms with van der Waals surface area (Å²) in [5.74, 6) is 2.33. The van der Waals surface area contributed by atoms with Crippen molar-refractivity contribution in [2.45, 2.75) is 51.6 Å². The largest absolute Gasteiger partial charge is 0.354 e. The summed E-state index contributed by atoms with van der Waals surface area (Å²) < 4.78 is 5.33. The molecule has 0 unspecified atom stereocenters. The van der Waals surface area contributed by atoms with Crippen LogP contribution in [0.2, 0.25) is 0 Å². The highest BCUT2D eigenvalue weighted by Crippen LogP contribution is 2.20. The van der Waals surface area contributed by atoms with Gasteiger partial charge in [0.25, 0.3) is 0 Å². The molecule has 0 bridgehead atoms. The maximum Gasteiger partial charge on any atom is 0.232 e. The minimum Gasteiger partial charge on any atom is -0.354 e. The van der Waals surface area contributed by atoms with Crippen LogP contribution in [-0.2, 0) is 12.0 Å². The van der Waals surface area contributed by atoms with E-state index in [2.05, 4.69) is 51.3 Å². The summed E-state index contributed by atoms with van der Waals surface area (Å²) in [6, 6.07) is 4.32. The highest BCUT2D eigenvalue weighted by molar-refractivity contribution is 5.37. The summed E-state index contributed by atoms with van der Waals surface area (Å²) in [4.78, 5) is 6.74. The average molecular weight is 316 g/mol. The summed E-state index contributed by atoms with van der Waals surface area (Å²) in [5, 5.41) is 15.7. The first kappa shape index (κ1) is 15.9. The fourth-order valence-corrected chi connectivity index (χ4v) is 2.68. The summed E-state index contributed by atoms with van der Waals surface area (Å²) in [6.07, 6.45) is 3.97. The molecule has 23 heavy (non-hydrogen) atoms. The van der Waals surface area contributed by atoms with E-state index < -0.39 is 0 Å². The van der Waals surface area contributed by atoms with Crippen molar-refractivity contribution < 1.29 is 4.52 Å². The lowest BCUT2D eigenvalue weighted by Crippen LogP contribution is -2.46. The Kier molecular flexibility index (Phi) is 4.56. The van der Waals surface area contributed by atoms with E-state index in [4.69, 9.17) is 4.52 Å². The Morgan fingerprint density at radius 3 is 2.96 bits per heavy atom. The van der Waals surface area contributed by atoms with Gasteiger partial charge in [-0.3, -0.25) is 0 Å². The van der Waals surface area contributed by atoms with Gasteiger partial charge in [-0.2, -0.15) is 10.1 Å². The van der Waals surface area contributed by atoms with E-state index in [-0.39, 0.29) is 5.41 Å². The van der Waals surface area contributed by atoms with E-state index in [9.17, 15) is 0 Å². The molecule has 7 heteroatoms. The van der Waals surface area contributed by atoms with E-state index in [1.165, 1.54) is 0 Å². The van der Waals surface area contributed by atoms with Crippen molar-refractivity contribution in [3.8, 4) is 0 Å².